The summed E-state index contributed by atoms with van der Waals surface area (Å²) in [6, 6.07) is -0.364. The van der Waals surface area contributed by atoms with Crippen LogP contribution in [0.2, 0.25) is 0 Å². The minimum atomic E-state index is -0.529. The van der Waals surface area contributed by atoms with Crippen molar-refractivity contribution in [2.24, 2.45) is 5.41 Å². The van der Waals surface area contributed by atoms with Crippen molar-refractivity contribution >= 4 is 12.4 Å². The second kappa shape index (κ2) is 5.72. The first-order valence-electron chi connectivity index (χ1n) is 7.38. The Bertz CT molecular complexity index is 369. The summed E-state index contributed by atoms with van der Waals surface area (Å²) in [5.41, 5.74) is -0.360. The lowest BCUT2D eigenvalue weighted by Crippen LogP contribution is -2.53. The smallest absolute Gasteiger partial charge is 0.410 e. The van der Waals surface area contributed by atoms with Crippen LogP contribution in [-0.4, -0.2) is 48.7 Å². The van der Waals surface area contributed by atoms with E-state index in [4.69, 9.17) is 9.47 Å². The van der Waals surface area contributed by atoms with Gasteiger partial charge in [0.05, 0.1) is 6.04 Å². The minimum absolute atomic E-state index is 0.169. The molecule has 0 aromatic heterocycles. The Labute approximate surface area is 120 Å². The summed E-state index contributed by atoms with van der Waals surface area (Å²) >= 11 is 0. The van der Waals surface area contributed by atoms with E-state index < -0.39 is 5.60 Å². The summed E-state index contributed by atoms with van der Waals surface area (Å²) in [6.45, 7) is 7.63. The van der Waals surface area contributed by atoms with Crippen LogP contribution in [0.25, 0.3) is 0 Å². The van der Waals surface area contributed by atoms with Gasteiger partial charge in [0.1, 0.15) is 11.9 Å². The van der Waals surface area contributed by atoms with E-state index in [0.717, 1.165) is 45.2 Å². The van der Waals surface area contributed by atoms with Crippen LogP contribution < -0.4 is 0 Å². The van der Waals surface area contributed by atoms with E-state index in [2.05, 4.69) is 0 Å². The second-order valence-corrected chi connectivity index (χ2v) is 6.94. The summed E-state index contributed by atoms with van der Waals surface area (Å²) in [5.74, 6) is 0. The Balaban J connectivity index is 2.03. The van der Waals surface area contributed by atoms with Gasteiger partial charge in [0, 0.05) is 19.8 Å². The monoisotopic (exact) mass is 283 g/mol. The lowest BCUT2D eigenvalue weighted by Gasteiger charge is -2.46. The number of carbonyl (C=O) groups is 2. The minimum Gasteiger partial charge on any atom is -0.444 e. The largest absolute Gasteiger partial charge is 0.444 e. The summed E-state index contributed by atoms with van der Waals surface area (Å²) in [4.78, 5) is 25.1. The Morgan fingerprint density at radius 1 is 1.30 bits per heavy atom. The fourth-order valence-electron chi connectivity index (χ4n) is 3.11. The highest BCUT2D eigenvalue weighted by molar-refractivity contribution is 5.74. The number of nitrogens with zero attached hydrogens (tertiary/aromatic N) is 1. The van der Waals surface area contributed by atoms with Gasteiger partial charge in [-0.25, -0.2) is 4.79 Å². The lowest BCUT2D eigenvalue weighted by atomic mass is 9.70. The van der Waals surface area contributed by atoms with E-state index in [1.165, 1.54) is 0 Å². The quantitative estimate of drug-likeness (QED) is 0.693. The molecule has 0 aliphatic carbocycles. The van der Waals surface area contributed by atoms with Gasteiger partial charge in [-0.15, -0.1) is 0 Å². The van der Waals surface area contributed by atoms with E-state index in [0.29, 0.717) is 6.54 Å². The van der Waals surface area contributed by atoms with Crippen LogP contribution in [-0.2, 0) is 14.3 Å². The Kier molecular flexibility index (Phi) is 4.37. The average molecular weight is 283 g/mol. The van der Waals surface area contributed by atoms with E-state index in [1.54, 1.807) is 4.90 Å². The Hall–Kier alpha value is -1.10. The van der Waals surface area contributed by atoms with Crippen LogP contribution in [0.3, 0.4) is 0 Å². The molecule has 2 aliphatic heterocycles. The van der Waals surface area contributed by atoms with Crippen molar-refractivity contribution in [2.45, 2.75) is 58.1 Å². The fourth-order valence-corrected chi connectivity index (χ4v) is 3.11. The third-order valence-electron chi connectivity index (χ3n) is 4.26. The number of amides is 1. The van der Waals surface area contributed by atoms with E-state index in [-0.39, 0.29) is 17.6 Å². The molecule has 2 aliphatic rings. The van der Waals surface area contributed by atoms with Crippen molar-refractivity contribution < 1.29 is 19.1 Å². The fraction of sp³-hybridized carbons (Fsp3) is 0.867. The van der Waals surface area contributed by atoms with Crippen LogP contribution in [0, 0.1) is 5.41 Å². The topological polar surface area (TPSA) is 55.8 Å². The molecule has 20 heavy (non-hydrogen) atoms. The number of rotatable bonds is 1. The van der Waals surface area contributed by atoms with Crippen LogP contribution in [0.5, 0.6) is 0 Å². The SMILES string of the molecule is CC(C)(C)OC(=O)N1CCC2(CCOCC2)CC1C=O. The molecule has 1 unspecified atom stereocenters. The molecule has 0 bridgehead atoms. The van der Waals surface area contributed by atoms with E-state index in [1.807, 2.05) is 20.8 Å². The van der Waals surface area contributed by atoms with E-state index >= 15 is 0 Å². The Morgan fingerprint density at radius 2 is 1.95 bits per heavy atom. The molecule has 114 valence electrons. The first kappa shape index (κ1) is 15.3. The van der Waals surface area contributed by atoms with Crippen molar-refractivity contribution in [1.29, 1.82) is 0 Å². The van der Waals surface area contributed by atoms with Gasteiger partial charge in [-0.2, -0.15) is 0 Å². The molecule has 2 saturated heterocycles. The number of carbonyl (C=O) groups excluding carboxylic acids is 2. The molecular weight excluding hydrogens is 258 g/mol. The molecule has 0 aromatic rings. The predicted molar refractivity (Wildman–Crippen MR) is 74.5 cm³/mol. The first-order chi connectivity index (χ1) is 9.35. The summed E-state index contributed by atoms with van der Waals surface area (Å²) in [7, 11) is 0. The zero-order chi connectivity index (χ0) is 14.8. The zero-order valence-electron chi connectivity index (χ0n) is 12.7. The van der Waals surface area contributed by atoms with Crippen molar-refractivity contribution in [2.75, 3.05) is 19.8 Å². The molecular formula is C15H25NO4. The highest BCUT2D eigenvalue weighted by atomic mass is 16.6. The molecule has 2 rings (SSSR count). The molecule has 2 heterocycles. The maximum atomic E-state index is 12.2. The van der Waals surface area contributed by atoms with Crippen molar-refractivity contribution in [1.82, 2.24) is 4.90 Å². The lowest BCUT2D eigenvalue weighted by molar-refractivity contribution is -0.118. The van der Waals surface area contributed by atoms with Crippen LogP contribution >= 0.6 is 0 Å². The molecule has 1 spiro atoms. The normalized spacial score (nSPS) is 26.4. The molecule has 5 heteroatoms. The second-order valence-electron chi connectivity index (χ2n) is 6.94. The van der Waals surface area contributed by atoms with Gasteiger partial charge in [-0.05, 0) is 51.9 Å². The van der Waals surface area contributed by atoms with Gasteiger partial charge in [0.15, 0.2) is 0 Å². The standard InChI is InChI=1S/C15H25NO4/c1-14(2,3)20-13(18)16-7-4-15(10-12(16)11-17)5-8-19-9-6-15/h11-12H,4-10H2,1-3H3. The number of hydrogen-bond donors (Lipinski definition) is 0. The molecule has 1 amide bonds. The molecule has 0 radical (unpaired) electrons. The molecule has 1 atom stereocenters. The van der Waals surface area contributed by atoms with Crippen LogP contribution in [0.1, 0.15) is 46.5 Å². The molecule has 0 saturated carbocycles. The van der Waals surface area contributed by atoms with Crippen molar-refractivity contribution in [3.63, 3.8) is 0 Å². The molecule has 5 nitrogen and oxygen atoms in total. The van der Waals surface area contributed by atoms with E-state index in [9.17, 15) is 9.59 Å². The number of likely N-dealkylation sites (tertiary alicyclic amines) is 1. The van der Waals surface area contributed by atoms with Crippen LogP contribution in [0.15, 0.2) is 0 Å². The van der Waals surface area contributed by atoms with Gasteiger partial charge < -0.3 is 14.3 Å². The third-order valence-corrected chi connectivity index (χ3v) is 4.26. The summed E-state index contributed by atoms with van der Waals surface area (Å²) in [6.07, 6.45) is 4.15. The molecule has 0 N–H and O–H groups in total. The maximum Gasteiger partial charge on any atom is 0.410 e. The van der Waals surface area contributed by atoms with Crippen LogP contribution in [0.4, 0.5) is 4.79 Å². The first-order valence-corrected chi connectivity index (χ1v) is 7.38. The number of ether oxygens (including phenoxy) is 2. The molecule has 2 fully saturated rings. The third kappa shape index (κ3) is 3.51. The Morgan fingerprint density at radius 3 is 2.50 bits per heavy atom. The van der Waals surface area contributed by atoms with Gasteiger partial charge in [0.25, 0.3) is 0 Å². The zero-order valence-corrected chi connectivity index (χ0v) is 12.7. The van der Waals surface area contributed by atoms with Gasteiger partial charge in [-0.3, -0.25) is 4.90 Å². The van der Waals surface area contributed by atoms with Gasteiger partial charge in [0.2, 0.25) is 0 Å². The van der Waals surface area contributed by atoms with Gasteiger partial charge in [-0.1, -0.05) is 0 Å². The van der Waals surface area contributed by atoms with Crippen molar-refractivity contribution in [3.8, 4) is 0 Å². The highest BCUT2D eigenvalue weighted by Crippen LogP contribution is 2.42. The number of aldehydes is 1. The predicted octanol–water partition coefficient (Wildman–Crippen LogP) is 2.38. The summed E-state index contributed by atoms with van der Waals surface area (Å²) < 4.78 is 10.8. The van der Waals surface area contributed by atoms with Crippen molar-refractivity contribution in [3.05, 3.63) is 0 Å². The number of hydrogen-bond acceptors (Lipinski definition) is 4. The maximum absolute atomic E-state index is 12.2. The summed E-state index contributed by atoms with van der Waals surface area (Å²) in [5, 5.41) is 0. The average Bonchev–Trinajstić information content (AvgIpc) is 2.37. The molecule has 0 aromatic carbocycles. The van der Waals surface area contributed by atoms with Gasteiger partial charge >= 0.3 is 6.09 Å². The number of piperidine rings is 1. The highest BCUT2D eigenvalue weighted by Gasteiger charge is 2.43.